The van der Waals surface area contributed by atoms with Crippen LogP contribution in [0.25, 0.3) is 0 Å². The molecular formula is C27H41NO6S. The van der Waals surface area contributed by atoms with Crippen LogP contribution >= 0.6 is 0 Å². The average Bonchev–Trinajstić information content (AvgIpc) is 3.06. The van der Waals surface area contributed by atoms with Gasteiger partial charge < -0.3 is 4.74 Å². The fourth-order valence-electron chi connectivity index (χ4n) is 8.76. The van der Waals surface area contributed by atoms with E-state index in [1.807, 2.05) is 34.6 Å². The van der Waals surface area contributed by atoms with E-state index < -0.39 is 37.8 Å². The zero-order chi connectivity index (χ0) is 25.7. The lowest BCUT2D eigenvalue weighted by Gasteiger charge is -2.60. The molecule has 7 nitrogen and oxygen atoms in total. The van der Waals surface area contributed by atoms with E-state index >= 15 is 0 Å². The summed E-state index contributed by atoms with van der Waals surface area (Å²) >= 11 is 0. The number of Topliss-reactive ketones (excluding diaryl/α,β-unsaturated/α-hetero) is 1. The molecule has 4 atom stereocenters. The monoisotopic (exact) mass is 507 g/mol. The molecule has 0 aromatic carbocycles. The van der Waals surface area contributed by atoms with Gasteiger partial charge in [0.15, 0.2) is 0 Å². The smallest absolute Gasteiger partial charge is 0.312 e. The minimum atomic E-state index is -4.00. The lowest BCUT2D eigenvalue weighted by Crippen LogP contribution is -2.62. The maximum Gasteiger partial charge on any atom is 0.312 e. The molecule has 6 saturated carbocycles. The van der Waals surface area contributed by atoms with Gasteiger partial charge in [-0.3, -0.25) is 19.1 Å². The summed E-state index contributed by atoms with van der Waals surface area (Å²) in [5.41, 5.74) is -3.41. The van der Waals surface area contributed by atoms with Crippen molar-refractivity contribution >= 4 is 27.7 Å². The summed E-state index contributed by atoms with van der Waals surface area (Å²) in [6.45, 7) is 9.72. The van der Waals surface area contributed by atoms with Crippen molar-refractivity contribution in [3.63, 3.8) is 0 Å². The molecule has 0 saturated heterocycles. The predicted octanol–water partition coefficient (Wildman–Crippen LogP) is 4.15. The third kappa shape index (κ3) is 3.71. The topological polar surface area (TPSA) is 107 Å². The van der Waals surface area contributed by atoms with E-state index in [2.05, 4.69) is 4.72 Å². The number of amides is 1. The molecule has 6 rings (SSSR count). The van der Waals surface area contributed by atoms with Crippen molar-refractivity contribution in [2.45, 2.75) is 104 Å². The summed E-state index contributed by atoms with van der Waals surface area (Å²) in [6, 6.07) is 0. The van der Waals surface area contributed by atoms with E-state index in [-0.39, 0.29) is 40.7 Å². The maximum atomic E-state index is 13.7. The van der Waals surface area contributed by atoms with Gasteiger partial charge in [0.05, 0.1) is 22.0 Å². The second-order valence-corrected chi connectivity index (χ2v) is 15.6. The first-order valence-electron chi connectivity index (χ1n) is 13.4. The Morgan fingerprint density at radius 3 is 2.26 bits per heavy atom. The van der Waals surface area contributed by atoms with Gasteiger partial charge in [0.2, 0.25) is 15.9 Å². The molecule has 1 N–H and O–H groups in total. The van der Waals surface area contributed by atoms with Crippen molar-refractivity contribution in [2.24, 2.45) is 39.4 Å². The van der Waals surface area contributed by atoms with Crippen molar-refractivity contribution in [2.75, 3.05) is 5.75 Å². The lowest BCUT2D eigenvalue weighted by molar-refractivity contribution is -0.210. The second-order valence-electron chi connectivity index (χ2n) is 13.9. The predicted molar refractivity (Wildman–Crippen MR) is 131 cm³/mol. The zero-order valence-electron chi connectivity index (χ0n) is 21.9. The average molecular weight is 508 g/mol. The number of hydrogen-bond acceptors (Lipinski definition) is 6. The summed E-state index contributed by atoms with van der Waals surface area (Å²) < 4.78 is 35.3. The van der Waals surface area contributed by atoms with Crippen LogP contribution in [0, 0.1) is 39.4 Å². The molecule has 0 heterocycles. The minimum Gasteiger partial charge on any atom is -0.459 e. The second kappa shape index (κ2) is 7.55. The van der Waals surface area contributed by atoms with Crippen LogP contribution in [0.1, 0.15) is 98.8 Å². The van der Waals surface area contributed by atoms with Gasteiger partial charge in [-0.15, -0.1) is 0 Å². The van der Waals surface area contributed by atoms with Gasteiger partial charge in [-0.25, -0.2) is 8.42 Å². The molecule has 0 aliphatic heterocycles. The van der Waals surface area contributed by atoms with Crippen LogP contribution in [0.2, 0.25) is 0 Å². The first-order chi connectivity index (χ1) is 16.1. The standard InChI is InChI=1S/C27H41NO6S/c1-6-23(2,3)22(31)34-26-13-17-9-18(14-26)12-25(11-17,15-26)21(30)28-35(32,33)16-27-8-7-19(10-20(27)29)24(27,4)5/h17-19H,6-16H2,1-5H3,(H,28,30). The van der Waals surface area contributed by atoms with Gasteiger partial charge in [-0.2, -0.15) is 0 Å². The number of carbonyl (C=O) groups excluding carboxylic acids is 3. The summed E-state index contributed by atoms with van der Waals surface area (Å²) in [4.78, 5) is 39.6. The van der Waals surface area contributed by atoms with Crippen molar-refractivity contribution in [3.05, 3.63) is 0 Å². The Labute approximate surface area is 209 Å². The lowest BCUT2D eigenvalue weighted by atomic mass is 9.47. The van der Waals surface area contributed by atoms with Crippen LogP contribution in [0.4, 0.5) is 0 Å². The normalized spacial score (nSPS) is 41.3. The van der Waals surface area contributed by atoms with Crippen LogP contribution in [0.3, 0.4) is 0 Å². The molecule has 6 bridgehead atoms. The third-order valence-corrected chi connectivity index (χ3v) is 12.4. The van der Waals surface area contributed by atoms with Crippen LogP contribution in [-0.4, -0.2) is 37.4 Å². The largest absolute Gasteiger partial charge is 0.459 e. The van der Waals surface area contributed by atoms with E-state index in [9.17, 15) is 22.8 Å². The number of ketones is 1. The Morgan fingerprint density at radius 1 is 1.11 bits per heavy atom. The third-order valence-electron chi connectivity index (χ3n) is 11.1. The Morgan fingerprint density at radius 2 is 1.74 bits per heavy atom. The molecule has 196 valence electrons. The number of sulfonamides is 1. The Bertz CT molecular complexity index is 1060. The fourth-order valence-corrected chi connectivity index (χ4v) is 10.7. The molecular weight excluding hydrogens is 466 g/mol. The highest BCUT2D eigenvalue weighted by Crippen LogP contribution is 2.65. The van der Waals surface area contributed by atoms with Gasteiger partial charge in [-0.1, -0.05) is 20.8 Å². The van der Waals surface area contributed by atoms with Crippen LogP contribution < -0.4 is 4.72 Å². The quantitative estimate of drug-likeness (QED) is 0.519. The van der Waals surface area contributed by atoms with Crippen molar-refractivity contribution < 1.29 is 27.5 Å². The molecule has 6 aliphatic carbocycles. The highest BCUT2D eigenvalue weighted by atomic mass is 32.2. The number of ether oxygens (including phenoxy) is 1. The number of fused-ring (bicyclic) bond motifs is 2. The van der Waals surface area contributed by atoms with Crippen molar-refractivity contribution in [1.29, 1.82) is 0 Å². The first kappa shape index (κ1) is 25.2. The van der Waals surface area contributed by atoms with Gasteiger partial charge in [0.25, 0.3) is 0 Å². The SMILES string of the molecule is CCC(C)(C)C(=O)OC12CC3CC(C1)CC(C(=O)NS(=O)(=O)CC14CCC(CC1=O)C4(C)C)(C3)C2. The molecule has 35 heavy (non-hydrogen) atoms. The Balaban J connectivity index is 1.36. The van der Waals surface area contributed by atoms with Crippen LogP contribution in [0.5, 0.6) is 0 Å². The number of hydrogen-bond donors (Lipinski definition) is 1. The molecule has 0 spiro atoms. The molecule has 6 aliphatic rings. The maximum absolute atomic E-state index is 13.7. The van der Waals surface area contributed by atoms with Gasteiger partial charge in [0.1, 0.15) is 11.4 Å². The minimum absolute atomic E-state index is 0.0239. The zero-order valence-corrected chi connectivity index (χ0v) is 22.7. The Kier molecular flexibility index (Phi) is 5.44. The highest BCUT2D eigenvalue weighted by molar-refractivity contribution is 7.90. The molecule has 8 heteroatoms. The van der Waals surface area contributed by atoms with Crippen LogP contribution in [-0.2, 0) is 29.1 Å². The van der Waals surface area contributed by atoms with Gasteiger partial charge >= 0.3 is 5.97 Å². The van der Waals surface area contributed by atoms with E-state index in [0.717, 1.165) is 25.7 Å². The van der Waals surface area contributed by atoms with Gasteiger partial charge in [-0.05, 0) is 88.4 Å². The van der Waals surface area contributed by atoms with E-state index in [1.165, 1.54) is 0 Å². The van der Waals surface area contributed by atoms with Crippen molar-refractivity contribution in [3.8, 4) is 0 Å². The number of nitrogens with one attached hydrogen (secondary N) is 1. The fraction of sp³-hybridized carbons (Fsp3) is 0.889. The van der Waals surface area contributed by atoms with E-state index in [0.29, 0.717) is 38.5 Å². The summed E-state index contributed by atoms with van der Waals surface area (Å²) in [6.07, 6.45) is 6.70. The van der Waals surface area contributed by atoms with Crippen LogP contribution in [0.15, 0.2) is 0 Å². The molecule has 4 unspecified atom stereocenters. The summed E-state index contributed by atoms with van der Waals surface area (Å²) in [5.74, 6) is -0.264. The first-order valence-corrected chi connectivity index (χ1v) is 15.0. The van der Waals surface area contributed by atoms with E-state index in [4.69, 9.17) is 4.74 Å². The summed E-state index contributed by atoms with van der Waals surface area (Å²) in [7, 11) is -4.00. The highest BCUT2D eigenvalue weighted by Gasteiger charge is 2.66. The molecule has 6 fully saturated rings. The molecule has 1 amide bonds. The molecule has 0 aromatic rings. The van der Waals surface area contributed by atoms with Gasteiger partial charge in [0, 0.05) is 12.8 Å². The number of carbonyl (C=O) groups is 3. The summed E-state index contributed by atoms with van der Waals surface area (Å²) in [5, 5.41) is 0. The number of rotatable bonds is 7. The Hall–Kier alpha value is -1.44. The molecule has 0 radical (unpaired) electrons. The van der Waals surface area contributed by atoms with Crippen molar-refractivity contribution in [1.82, 2.24) is 4.72 Å². The van der Waals surface area contributed by atoms with E-state index in [1.54, 1.807) is 0 Å². The molecule has 0 aromatic heterocycles. The number of esters is 1.